The van der Waals surface area contributed by atoms with Gasteiger partial charge in [-0.3, -0.25) is 0 Å². The quantitative estimate of drug-likeness (QED) is 0.380. The molecule has 0 spiro atoms. The second kappa shape index (κ2) is 6.14. The van der Waals surface area contributed by atoms with E-state index in [0.717, 1.165) is 18.2 Å². The first-order chi connectivity index (χ1) is 10.2. The molecule has 1 saturated heterocycles. The van der Waals surface area contributed by atoms with Crippen LogP contribution in [0.3, 0.4) is 0 Å². The van der Waals surface area contributed by atoms with Crippen molar-refractivity contribution < 1.29 is 5.21 Å². The molecule has 2 atom stereocenters. The van der Waals surface area contributed by atoms with Crippen molar-refractivity contribution >= 4 is 23.1 Å². The molecule has 1 heterocycles. The summed E-state index contributed by atoms with van der Waals surface area (Å²) >= 11 is 6.30. The van der Waals surface area contributed by atoms with Gasteiger partial charge in [0.1, 0.15) is 0 Å². The maximum Gasteiger partial charge on any atom is 0.173 e. The number of fused-ring (bicyclic) bond motifs is 1. The summed E-state index contributed by atoms with van der Waals surface area (Å²) in [6.45, 7) is 1.02. The second-order valence-corrected chi connectivity index (χ2v) is 6.47. The molecule has 3 N–H and O–H groups in total. The molecule has 2 aliphatic rings. The van der Waals surface area contributed by atoms with Crippen molar-refractivity contribution in [2.45, 2.75) is 44.6 Å². The molecular weight excluding hydrogens is 286 g/mol. The molecule has 2 fully saturated rings. The Morgan fingerprint density at radius 2 is 2.00 bits per heavy atom. The predicted molar refractivity (Wildman–Crippen MR) is 86.3 cm³/mol. The maximum atomic E-state index is 9.05. The largest absolute Gasteiger partial charge is 0.409 e. The van der Waals surface area contributed by atoms with E-state index < -0.39 is 0 Å². The van der Waals surface area contributed by atoms with Gasteiger partial charge in [-0.1, -0.05) is 35.7 Å². The summed E-state index contributed by atoms with van der Waals surface area (Å²) in [5.74, 6) is 0.861. The Balaban J connectivity index is 2.01. The number of piperidine rings is 1. The van der Waals surface area contributed by atoms with Gasteiger partial charge in [-0.2, -0.15) is 0 Å². The van der Waals surface area contributed by atoms with Crippen LogP contribution in [0.25, 0.3) is 0 Å². The van der Waals surface area contributed by atoms with Gasteiger partial charge in [0.05, 0.1) is 10.6 Å². The Labute approximate surface area is 130 Å². The van der Waals surface area contributed by atoms with Gasteiger partial charge in [0.2, 0.25) is 0 Å². The summed E-state index contributed by atoms with van der Waals surface area (Å²) in [5, 5.41) is 12.8. The minimum atomic E-state index is 0.0912. The number of rotatable bonds is 2. The smallest absolute Gasteiger partial charge is 0.173 e. The summed E-state index contributed by atoms with van der Waals surface area (Å²) in [6.07, 6.45) is 7.70. The van der Waals surface area contributed by atoms with Gasteiger partial charge in [-0.25, -0.2) is 0 Å². The highest BCUT2D eigenvalue weighted by Gasteiger charge is 2.34. The second-order valence-electron chi connectivity index (χ2n) is 6.07. The molecule has 0 aromatic heterocycles. The molecule has 1 aliphatic carbocycles. The van der Waals surface area contributed by atoms with Crippen LogP contribution in [0.5, 0.6) is 0 Å². The fraction of sp³-hybridized carbons (Fsp3) is 0.562. The highest BCUT2D eigenvalue weighted by molar-refractivity contribution is 6.34. The van der Waals surface area contributed by atoms with Crippen LogP contribution in [-0.4, -0.2) is 23.6 Å². The van der Waals surface area contributed by atoms with E-state index in [1.165, 1.54) is 38.5 Å². The van der Waals surface area contributed by atoms with E-state index in [4.69, 9.17) is 22.5 Å². The third kappa shape index (κ3) is 2.69. The summed E-state index contributed by atoms with van der Waals surface area (Å²) in [6, 6.07) is 6.34. The van der Waals surface area contributed by atoms with Crippen molar-refractivity contribution in [3.05, 3.63) is 28.8 Å². The number of oxime groups is 1. The van der Waals surface area contributed by atoms with Gasteiger partial charge in [0.15, 0.2) is 5.84 Å². The van der Waals surface area contributed by atoms with Gasteiger partial charge in [-0.05, 0) is 43.7 Å². The molecule has 0 radical (unpaired) electrons. The van der Waals surface area contributed by atoms with Crippen molar-refractivity contribution in [3.8, 4) is 0 Å². The minimum absolute atomic E-state index is 0.0912. The van der Waals surface area contributed by atoms with E-state index in [1.54, 1.807) is 6.07 Å². The maximum absolute atomic E-state index is 9.05. The van der Waals surface area contributed by atoms with Gasteiger partial charge in [0.25, 0.3) is 0 Å². The lowest BCUT2D eigenvalue weighted by atomic mass is 9.78. The summed E-state index contributed by atoms with van der Waals surface area (Å²) < 4.78 is 0. The molecule has 1 saturated carbocycles. The minimum Gasteiger partial charge on any atom is -0.409 e. The Bertz CT molecular complexity index is 544. The Morgan fingerprint density at radius 1 is 1.24 bits per heavy atom. The zero-order valence-corrected chi connectivity index (χ0v) is 12.9. The molecule has 1 aromatic carbocycles. The van der Waals surface area contributed by atoms with E-state index in [2.05, 4.69) is 10.1 Å². The lowest BCUT2D eigenvalue weighted by molar-refractivity contribution is 0.244. The van der Waals surface area contributed by atoms with Crippen molar-refractivity contribution in [3.63, 3.8) is 0 Å². The van der Waals surface area contributed by atoms with Crippen LogP contribution < -0.4 is 10.6 Å². The van der Waals surface area contributed by atoms with Crippen LogP contribution in [-0.2, 0) is 0 Å². The molecule has 0 amide bonds. The van der Waals surface area contributed by atoms with Crippen LogP contribution >= 0.6 is 11.6 Å². The number of anilines is 1. The predicted octanol–water partition coefficient (Wildman–Crippen LogP) is 3.59. The van der Waals surface area contributed by atoms with Gasteiger partial charge < -0.3 is 15.8 Å². The molecule has 21 heavy (non-hydrogen) atoms. The van der Waals surface area contributed by atoms with Crippen LogP contribution in [0.4, 0.5) is 5.69 Å². The number of benzene rings is 1. The van der Waals surface area contributed by atoms with E-state index in [-0.39, 0.29) is 5.84 Å². The van der Waals surface area contributed by atoms with Gasteiger partial charge in [-0.15, -0.1) is 0 Å². The third-order valence-electron chi connectivity index (χ3n) is 4.91. The van der Waals surface area contributed by atoms with Crippen molar-refractivity contribution in [1.82, 2.24) is 0 Å². The molecule has 0 unspecified atom stereocenters. The number of nitrogens with zero attached hydrogens (tertiary/aromatic N) is 2. The summed E-state index contributed by atoms with van der Waals surface area (Å²) in [5.41, 5.74) is 7.53. The number of hydrogen-bond donors (Lipinski definition) is 2. The van der Waals surface area contributed by atoms with Crippen LogP contribution in [0.2, 0.25) is 5.02 Å². The molecule has 114 valence electrons. The normalized spacial score (nSPS) is 26.5. The van der Waals surface area contributed by atoms with Crippen molar-refractivity contribution in [1.29, 1.82) is 0 Å². The zero-order chi connectivity index (χ0) is 14.8. The average Bonchev–Trinajstić information content (AvgIpc) is 2.53. The topological polar surface area (TPSA) is 61.9 Å². The lowest BCUT2D eigenvalue weighted by Crippen LogP contribution is -2.47. The van der Waals surface area contributed by atoms with E-state index in [1.807, 2.05) is 12.1 Å². The van der Waals surface area contributed by atoms with Crippen LogP contribution in [0, 0.1) is 5.92 Å². The molecule has 3 rings (SSSR count). The Kier molecular flexibility index (Phi) is 4.24. The number of amidine groups is 1. The number of halogens is 1. The monoisotopic (exact) mass is 307 g/mol. The van der Waals surface area contributed by atoms with E-state index in [9.17, 15) is 0 Å². The lowest BCUT2D eigenvalue weighted by Gasteiger charge is -2.46. The first kappa shape index (κ1) is 14.5. The Morgan fingerprint density at radius 3 is 2.81 bits per heavy atom. The average molecular weight is 308 g/mol. The number of nitrogens with two attached hydrogens (primary N) is 1. The molecule has 1 aliphatic heterocycles. The molecule has 4 nitrogen and oxygen atoms in total. The summed E-state index contributed by atoms with van der Waals surface area (Å²) in [7, 11) is 0. The molecule has 1 aromatic rings. The first-order valence-corrected chi connectivity index (χ1v) is 8.13. The van der Waals surface area contributed by atoms with E-state index >= 15 is 0 Å². The fourth-order valence-electron chi connectivity index (χ4n) is 3.98. The standard InChI is InChI=1S/C16H22ClN3O/c17-12-7-3-9-14(15(12)16(18)19-21)20-10-4-6-11-5-1-2-8-13(11)20/h3,7,9,11,13,21H,1-2,4-6,8,10H2,(H2,18,19)/t11-,13-/m1/s1. The summed E-state index contributed by atoms with van der Waals surface area (Å²) in [4.78, 5) is 2.44. The van der Waals surface area contributed by atoms with E-state index in [0.29, 0.717) is 16.6 Å². The zero-order valence-electron chi connectivity index (χ0n) is 12.1. The van der Waals surface area contributed by atoms with Crippen molar-refractivity contribution in [2.75, 3.05) is 11.4 Å². The van der Waals surface area contributed by atoms with Gasteiger partial charge in [0, 0.05) is 18.3 Å². The highest BCUT2D eigenvalue weighted by atomic mass is 35.5. The highest BCUT2D eigenvalue weighted by Crippen LogP contribution is 2.39. The molecule has 0 bridgehead atoms. The fourth-order valence-corrected chi connectivity index (χ4v) is 4.25. The van der Waals surface area contributed by atoms with Gasteiger partial charge >= 0.3 is 0 Å². The first-order valence-electron chi connectivity index (χ1n) is 7.75. The SMILES string of the molecule is N/C(=N/O)c1c(Cl)cccc1N1CCC[C@H]2CCCC[C@H]21. The Hall–Kier alpha value is -1.42. The third-order valence-corrected chi connectivity index (χ3v) is 5.22. The molecular formula is C16H22ClN3O. The number of hydrogen-bond acceptors (Lipinski definition) is 3. The van der Waals surface area contributed by atoms with Crippen LogP contribution in [0.15, 0.2) is 23.4 Å². The van der Waals surface area contributed by atoms with Crippen molar-refractivity contribution in [2.24, 2.45) is 16.8 Å². The molecule has 5 heteroatoms. The van der Waals surface area contributed by atoms with Crippen LogP contribution in [0.1, 0.15) is 44.1 Å².